The topological polar surface area (TPSA) is 55.5 Å². The maximum Gasteiger partial charge on any atom is 0.311 e. The summed E-state index contributed by atoms with van der Waals surface area (Å²) in [4.78, 5) is 4.63. The van der Waals surface area contributed by atoms with E-state index in [1.807, 2.05) is 62.5 Å². The number of pyridine rings is 1. The van der Waals surface area contributed by atoms with Gasteiger partial charge < -0.3 is 14.2 Å². The van der Waals surface area contributed by atoms with Gasteiger partial charge in [0.1, 0.15) is 11.2 Å². The van der Waals surface area contributed by atoms with Crippen LogP contribution in [0.25, 0.3) is 33.2 Å². The number of para-hydroxylation sites is 2. The van der Waals surface area contributed by atoms with Gasteiger partial charge in [-0.25, -0.2) is 0 Å². The third-order valence-corrected chi connectivity index (χ3v) is 5.58. The first-order chi connectivity index (χ1) is 13.3. The number of rotatable bonds is 5. The number of benzene rings is 2. The fourth-order valence-corrected chi connectivity index (χ4v) is 3.06. The number of aromatic nitrogens is 1. The molecule has 0 aliphatic heterocycles. The number of hydrogen-bond acceptors (Lipinski definition) is 4. The van der Waals surface area contributed by atoms with Gasteiger partial charge in [0.15, 0.2) is 0 Å². The van der Waals surface area contributed by atoms with Crippen LogP contribution in [0.3, 0.4) is 0 Å². The number of furan rings is 1. The Morgan fingerprint density at radius 3 is 2.39 bits per heavy atom. The predicted octanol–water partition coefficient (Wildman–Crippen LogP) is 4.19. The first-order valence-corrected chi connectivity index (χ1v) is 9.48. The molecular weight excluding hydrogens is 349 g/mol. The highest BCUT2D eigenvalue weighted by Crippen LogP contribution is 2.34. The first kappa shape index (κ1) is 18.7. The van der Waals surface area contributed by atoms with Gasteiger partial charge in [-0.15, -0.1) is 0 Å². The van der Waals surface area contributed by atoms with Crippen LogP contribution in [-0.2, 0) is 4.65 Å². The van der Waals surface area contributed by atoms with Crippen molar-refractivity contribution >= 4 is 34.9 Å². The first-order valence-electron chi connectivity index (χ1n) is 9.48. The molecule has 2 aromatic heterocycles. The highest BCUT2D eigenvalue weighted by Gasteiger charge is 2.35. The van der Waals surface area contributed by atoms with Crippen molar-refractivity contribution < 1.29 is 14.2 Å². The van der Waals surface area contributed by atoms with E-state index in [2.05, 4.69) is 17.1 Å². The second-order valence-corrected chi connectivity index (χ2v) is 8.19. The zero-order valence-electron chi connectivity index (χ0n) is 16.7. The summed E-state index contributed by atoms with van der Waals surface area (Å²) in [5.74, 6) is 0. The zero-order chi connectivity index (χ0) is 19.9. The Balaban J connectivity index is 1.63. The summed E-state index contributed by atoms with van der Waals surface area (Å²) >= 11 is 0. The molecule has 5 heteroatoms. The minimum atomic E-state index is -0.933. The van der Waals surface area contributed by atoms with E-state index in [9.17, 15) is 5.11 Å². The number of hydrogen-bond donors (Lipinski definition) is 1. The molecule has 1 N–H and O–H groups in total. The molecule has 0 spiro atoms. The van der Waals surface area contributed by atoms with E-state index in [4.69, 9.17) is 9.07 Å². The van der Waals surface area contributed by atoms with Crippen LogP contribution in [0.2, 0.25) is 0 Å². The van der Waals surface area contributed by atoms with Crippen LogP contribution in [0.15, 0.2) is 65.2 Å². The molecule has 0 aliphatic carbocycles. The van der Waals surface area contributed by atoms with Crippen molar-refractivity contribution in [3.8, 4) is 11.3 Å². The van der Waals surface area contributed by atoms with Crippen LogP contribution in [0.5, 0.6) is 0 Å². The third-order valence-electron chi connectivity index (χ3n) is 5.58. The number of aliphatic hydroxyl groups is 1. The van der Waals surface area contributed by atoms with Gasteiger partial charge in [0.05, 0.1) is 16.9 Å². The average Bonchev–Trinajstić information content (AvgIpc) is 3.05. The molecule has 0 unspecified atom stereocenters. The predicted molar refractivity (Wildman–Crippen MR) is 115 cm³/mol. The van der Waals surface area contributed by atoms with Gasteiger partial charge in [0.25, 0.3) is 0 Å². The SMILES string of the molecule is CC(C)(O)C(C)(C)OBc1ccc(-c2cccc3c2oc2ccccc23)nc1. The molecule has 2 aromatic carbocycles. The lowest BCUT2D eigenvalue weighted by Gasteiger charge is -2.37. The molecule has 0 fully saturated rings. The quantitative estimate of drug-likeness (QED) is 0.533. The molecule has 2 heterocycles. The summed E-state index contributed by atoms with van der Waals surface area (Å²) in [5.41, 5.74) is 2.92. The molecule has 4 rings (SSSR count). The summed E-state index contributed by atoms with van der Waals surface area (Å²) in [6.45, 7) is 7.28. The molecule has 4 nitrogen and oxygen atoms in total. The monoisotopic (exact) mass is 373 g/mol. The van der Waals surface area contributed by atoms with E-state index in [1.165, 1.54) is 0 Å². The standard InChI is InChI=1S/C23H24BNO3/c1-22(2,26)23(3,4)28-24-15-12-13-19(25-14-15)18-10-7-9-17-16-8-5-6-11-20(16)27-21(17)18/h5-14,24,26H,1-4H3. The van der Waals surface area contributed by atoms with Crippen LogP contribution in [0.4, 0.5) is 0 Å². The van der Waals surface area contributed by atoms with Crippen molar-refractivity contribution in [2.75, 3.05) is 0 Å². The minimum absolute atomic E-state index is 0.388. The fourth-order valence-electron chi connectivity index (χ4n) is 3.06. The number of nitrogens with zero attached hydrogens (tertiary/aromatic N) is 1. The Labute approximate surface area is 165 Å². The third kappa shape index (κ3) is 3.32. The second kappa shape index (κ2) is 6.76. The van der Waals surface area contributed by atoms with Gasteiger partial charge >= 0.3 is 7.48 Å². The molecular formula is C23H24BNO3. The smallest absolute Gasteiger partial charge is 0.311 e. The van der Waals surface area contributed by atoms with Crippen LogP contribution < -0.4 is 5.46 Å². The normalized spacial score (nSPS) is 12.6. The Morgan fingerprint density at radius 1 is 0.929 bits per heavy atom. The molecule has 0 saturated carbocycles. The van der Waals surface area contributed by atoms with Crippen LogP contribution in [-0.4, -0.2) is 28.8 Å². The van der Waals surface area contributed by atoms with Gasteiger partial charge in [0, 0.05) is 22.5 Å². The second-order valence-electron chi connectivity index (χ2n) is 8.19. The Morgan fingerprint density at radius 2 is 1.68 bits per heavy atom. The molecule has 28 heavy (non-hydrogen) atoms. The van der Waals surface area contributed by atoms with Gasteiger partial charge in [-0.3, -0.25) is 4.98 Å². The average molecular weight is 373 g/mol. The maximum atomic E-state index is 10.2. The van der Waals surface area contributed by atoms with Gasteiger partial charge in [-0.1, -0.05) is 36.4 Å². The van der Waals surface area contributed by atoms with Crippen molar-refractivity contribution in [2.24, 2.45) is 0 Å². The van der Waals surface area contributed by atoms with Crippen molar-refractivity contribution in [3.63, 3.8) is 0 Å². The zero-order valence-corrected chi connectivity index (χ0v) is 16.7. The molecule has 142 valence electrons. The summed E-state index contributed by atoms with van der Waals surface area (Å²) < 4.78 is 12.0. The van der Waals surface area contributed by atoms with Gasteiger partial charge in [0.2, 0.25) is 0 Å². The van der Waals surface area contributed by atoms with Crippen LogP contribution in [0, 0.1) is 0 Å². The van der Waals surface area contributed by atoms with E-state index in [-0.39, 0.29) is 0 Å². The molecule has 4 aromatic rings. The number of fused-ring (bicyclic) bond motifs is 3. The van der Waals surface area contributed by atoms with Crippen molar-refractivity contribution in [1.29, 1.82) is 0 Å². The van der Waals surface area contributed by atoms with E-state index in [1.54, 1.807) is 13.8 Å². The molecule has 0 aliphatic rings. The van der Waals surface area contributed by atoms with E-state index >= 15 is 0 Å². The lowest BCUT2D eigenvalue weighted by Crippen LogP contribution is -2.49. The fraction of sp³-hybridized carbons (Fsp3) is 0.261. The van der Waals surface area contributed by atoms with Crippen molar-refractivity contribution in [3.05, 3.63) is 60.8 Å². The van der Waals surface area contributed by atoms with Crippen LogP contribution >= 0.6 is 0 Å². The molecule has 0 saturated heterocycles. The minimum Gasteiger partial charge on any atom is -0.455 e. The highest BCUT2D eigenvalue weighted by molar-refractivity contribution is 6.46. The van der Waals surface area contributed by atoms with E-state index in [0.29, 0.717) is 7.48 Å². The van der Waals surface area contributed by atoms with Crippen LogP contribution in [0.1, 0.15) is 27.7 Å². The largest absolute Gasteiger partial charge is 0.455 e. The van der Waals surface area contributed by atoms with E-state index < -0.39 is 11.2 Å². The molecule has 0 amide bonds. The van der Waals surface area contributed by atoms with Gasteiger partial charge in [-0.05, 0) is 51.4 Å². The summed E-state index contributed by atoms with van der Waals surface area (Å²) in [5, 5.41) is 12.4. The Kier molecular flexibility index (Phi) is 4.52. The Hall–Kier alpha value is -2.63. The van der Waals surface area contributed by atoms with Gasteiger partial charge in [-0.2, -0.15) is 0 Å². The van der Waals surface area contributed by atoms with E-state index in [0.717, 1.165) is 38.7 Å². The van der Waals surface area contributed by atoms with Crippen molar-refractivity contribution in [1.82, 2.24) is 4.98 Å². The lowest BCUT2D eigenvalue weighted by molar-refractivity contribution is -0.0893. The van der Waals surface area contributed by atoms with Crippen molar-refractivity contribution in [2.45, 2.75) is 38.9 Å². The summed E-state index contributed by atoms with van der Waals surface area (Å²) in [7, 11) is 0.388. The lowest BCUT2D eigenvalue weighted by atomic mass is 9.83. The molecule has 0 radical (unpaired) electrons. The Bertz CT molecular complexity index is 1120. The molecule has 0 bridgehead atoms. The highest BCUT2D eigenvalue weighted by atomic mass is 16.5. The molecule has 0 atom stereocenters. The maximum absolute atomic E-state index is 10.2. The summed E-state index contributed by atoms with van der Waals surface area (Å²) in [6, 6.07) is 18.2. The summed E-state index contributed by atoms with van der Waals surface area (Å²) in [6.07, 6.45) is 1.82.